The average molecular weight is 345 g/mol. The molecule has 20 heavy (non-hydrogen) atoms. The van der Waals surface area contributed by atoms with Crippen LogP contribution in [0.4, 0.5) is 17.1 Å². The Kier molecular flexibility index (Phi) is 6.20. The number of benzene rings is 2. The van der Waals surface area contributed by atoms with E-state index in [1.54, 1.807) is 24.3 Å². The second kappa shape index (κ2) is 7.22. The molecule has 100 valence electrons. The van der Waals surface area contributed by atoms with Crippen LogP contribution in [0, 0.1) is 0 Å². The number of nitrogen functional groups attached to an aromatic ring is 1. The maximum absolute atomic E-state index is 11.0. The van der Waals surface area contributed by atoms with Crippen LogP contribution in [0.5, 0.6) is 0 Å². The molecule has 0 radical (unpaired) electrons. The van der Waals surface area contributed by atoms with E-state index in [0.717, 1.165) is 0 Å². The number of hydrogen-bond acceptors (Lipinski definition) is 4. The van der Waals surface area contributed by atoms with Crippen LogP contribution in [0.25, 0.3) is 0 Å². The van der Waals surface area contributed by atoms with Gasteiger partial charge in [-0.1, -0.05) is 0 Å². The SMILES string of the molecule is Nc1ccc(/N=N/c2ccc([As](=O)(O)O)cc2)cc1.[NaH]. The summed E-state index contributed by atoms with van der Waals surface area (Å²) in [7, 11) is 0. The van der Waals surface area contributed by atoms with Gasteiger partial charge in [-0.2, -0.15) is 0 Å². The van der Waals surface area contributed by atoms with Crippen LogP contribution in [0.3, 0.4) is 0 Å². The van der Waals surface area contributed by atoms with Gasteiger partial charge in [-0.15, -0.1) is 0 Å². The number of nitrogens with zero attached hydrogens (tertiary/aromatic N) is 2. The van der Waals surface area contributed by atoms with Crippen molar-refractivity contribution in [1.29, 1.82) is 0 Å². The number of nitrogens with two attached hydrogens (primary N) is 1. The third kappa shape index (κ3) is 4.90. The van der Waals surface area contributed by atoms with E-state index >= 15 is 0 Å². The Morgan fingerprint density at radius 2 is 1.25 bits per heavy atom. The monoisotopic (exact) mass is 345 g/mol. The molecule has 0 aromatic heterocycles. The maximum atomic E-state index is 11.0. The zero-order chi connectivity index (χ0) is 13.9. The van der Waals surface area contributed by atoms with E-state index in [1.807, 2.05) is 0 Å². The Bertz CT molecular complexity index is 638. The molecule has 8 heteroatoms. The van der Waals surface area contributed by atoms with Gasteiger partial charge in [0.15, 0.2) is 0 Å². The fourth-order valence-electron chi connectivity index (χ4n) is 1.37. The van der Waals surface area contributed by atoms with Crippen molar-refractivity contribution in [2.45, 2.75) is 0 Å². The first-order chi connectivity index (χ1) is 8.95. The number of azo groups is 1. The summed E-state index contributed by atoms with van der Waals surface area (Å²) < 4.78 is 29.1. The predicted molar refractivity (Wildman–Crippen MR) is 79.1 cm³/mol. The van der Waals surface area contributed by atoms with Crippen LogP contribution in [0.1, 0.15) is 0 Å². The number of anilines is 1. The molecule has 0 aliphatic rings. The summed E-state index contributed by atoms with van der Waals surface area (Å²) in [5.41, 5.74) is 7.36. The van der Waals surface area contributed by atoms with E-state index in [0.29, 0.717) is 17.1 Å². The third-order valence-corrected chi connectivity index (χ3v) is 4.40. The summed E-state index contributed by atoms with van der Waals surface area (Å²) in [6.45, 7) is 0. The van der Waals surface area contributed by atoms with Crippen molar-refractivity contribution in [1.82, 2.24) is 0 Å². The number of hydrogen-bond donors (Lipinski definition) is 3. The van der Waals surface area contributed by atoms with Crippen LogP contribution < -0.4 is 10.1 Å². The van der Waals surface area contributed by atoms with E-state index in [9.17, 15) is 3.74 Å². The molecule has 0 saturated carbocycles. The third-order valence-electron chi connectivity index (χ3n) is 2.36. The molecule has 0 heterocycles. The summed E-state index contributed by atoms with van der Waals surface area (Å²) >= 11 is -4.82. The minimum atomic E-state index is -4.82. The van der Waals surface area contributed by atoms with Crippen molar-refractivity contribution in [3.63, 3.8) is 0 Å². The first-order valence-corrected chi connectivity index (χ1v) is 8.77. The molecular weight excluding hydrogens is 332 g/mol. The summed E-state index contributed by atoms with van der Waals surface area (Å²) in [4.78, 5) is 0. The Labute approximate surface area is 141 Å². The van der Waals surface area contributed by atoms with E-state index in [1.165, 1.54) is 24.3 Å². The van der Waals surface area contributed by atoms with Crippen molar-refractivity contribution >= 4 is 65.1 Å². The molecular formula is C12H13AsN3NaO3. The van der Waals surface area contributed by atoms with Crippen LogP contribution in [-0.4, -0.2) is 51.9 Å². The first-order valence-electron chi connectivity index (χ1n) is 5.38. The number of rotatable bonds is 3. The molecule has 0 aliphatic carbocycles. The van der Waals surface area contributed by atoms with E-state index < -0.39 is 14.2 Å². The van der Waals surface area contributed by atoms with Crippen molar-refractivity contribution in [3.05, 3.63) is 48.5 Å². The van der Waals surface area contributed by atoms with Crippen LogP contribution >= 0.6 is 0 Å². The Balaban J connectivity index is 0.00000200. The van der Waals surface area contributed by atoms with Gasteiger partial charge >= 0.3 is 142 Å². The summed E-state index contributed by atoms with van der Waals surface area (Å²) in [6.07, 6.45) is 0. The average Bonchev–Trinajstić information content (AvgIpc) is 2.37. The normalized spacial score (nSPS) is 11.3. The van der Waals surface area contributed by atoms with Crippen LogP contribution in [0.15, 0.2) is 58.8 Å². The van der Waals surface area contributed by atoms with Gasteiger partial charge < -0.3 is 0 Å². The fourth-order valence-corrected chi connectivity index (χ4v) is 2.50. The van der Waals surface area contributed by atoms with Gasteiger partial charge in [0, 0.05) is 0 Å². The fraction of sp³-hybridized carbons (Fsp3) is 0. The molecule has 0 bridgehead atoms. The summed E-state index contributed by atoms with van der Waals surface area (Å²) in [5, 5.41) is 7.96. The van der Waals surface area contributed by atoms with Gasteiger partial charge in [0.25, 0.3) is 0 Å². The van der Waals surface area contributed by atoms with Gasteiger partial charge in [-0.25, -0.2) is 0 Å². The van der Waals surface area contributed by atoms with Crippen LogP contribution in [-0.2, 0) is 3.74 Å². The second-order valence-corrected chi connectivity index (χ2v) is 7.22. The molecule has 4 N–H and O–H groups in total. The Hall–Kier alpha value is -0.882. The summed E-state index contributed by atoms with van der Waals surface area (Å²) in [6, 6.07) is 12.6. The molecule has 0 saturated heterocycles. The van der Waals surface area contributed by atoms with Gasteiger partial charge in [0.2, 0.25) is 0 Å². The topological polar surface area (TPSA) is 108 Å². The zero-order valence-corrected chi connectivity index (χ0v) is 11.7. The molecule has 0 amide bonds. The van der Waals surface area contributed by atoms with Gasteiger partial charge in [0.05, 0.1) is 0 Å². The van der Waals surface area contributed by atoms with Gasteiger partial charge in [-0.05, 0) is 0 Å². The van der Waals surface area contributed by atoms with E-state index in [4.69, 9.17) is 13.9 Å². The molecule has 0 spiro atoms. The standard InChI is InChI=1S/C12H12AsN3O3.Na.H/c14-10-3-7-12(8-4-10)16-15-11-5-1-9(2-6-11)13(17,18)19;;/h1-8H,14H2,(H2,17,18,19);;/b16-15+;;. The van der Waals surface area contributed by atoms with E-state index in [-0.39, 0.29) is 33.9 Å². The molecule has 0 aliphatic heterocycles. The van der Waals surface area contributed by atoms with E-state index in [2.05, 4.69) is 10.2 Å². The minimum absolute atomic E-state index is 0. The van der Waals surface area contributed by atoms with Crippen molar-refractivity contribution < 1.29 is 11.9 Å². The van der Waals surface area contributed by atoms with Gasteiger partial charge in [0.1, 0.15) is 0 Å². The molecule has 6 nitrogen and oxygen atoms in total. The molecule has 0 unspecified atom stereocenters. The van der Waals surface area contributed by atoms with Crippen molar-refractivity contribution in [3.8, 4) is 0 Å². The Morgan fingerprint density at radius 3 is 1.65 bits per heavy atom. The molecule has 2 rings (SSSR count). The second-order valence-electron chi connectivity index (χ2n) is 3.85. The zero-order valence-electron chi connectivity index (χ0n) is 9.84. The quantitative estimate of drug-likeness (QED) is 0.430. The van der Waals surface area contributed by atoms with Crippen molar-refractivity contribution in [2.75, 3.05) is 5.73 Å². The Morgan fingerprint density at radius 1 is 0.850 bits per heavy atom. The molecule has 0 atom stereocenters. The van der Waals surface area contributed by atoms with Gasteiger partial charge in [-0.3, -0.25) is 0 Å². The van der Waals surface area contributed by atoms with Crippen molar-refractivity contribution in [2.24, 2.45) is 10.2 Å². The van der Waals surface area contributed by atoms with Crippen LogP contribution in [0.2, 0.25) is 0 Å². The first kappa shape index (κ1) is 17.2. The molecule has 2 aromatic rings. The molecule has 2 aromatic carbocycles. The predicted octanol–water partition coefficient (Wildman–Crippen LogP) is 0.597. The molecule has 0 fully saturated rings. The summed E-state index contributed by atoms with van der Waals surface area (Å²) in [5.74, 6) is 0.